The fourth-order valence-corrected chi connectivity index (χ4v) is 3.27. The van der Waals surface area contributed by atoms with Crippen molar-refractivity contribution in [1.29, 1.82) is 0 Å². The van der Waals surface area contributed by atoms with Crippen LogP contribution in [-0.2, 0) is 6.61 Å². The minimum atomic E-state index is -0.765. The van der Waals surface area contributed by atoms with Crippen molar-refractivity contribution in [3.63, 3.8) is 0 Å². The zero-order valence-corrected chi connectivity index (χ0v) is 20.7. The SMILES string of the molecule is CC.Cc1ccc(C(=O)NCCCO)cc1-n1cnc(OCc2ccc(F)cc2F)c(Br)c1=O. The Morgan fingerprint density at radius 3 is 2.62 bits per heavy atom. The van der Waals surface area contributed by atoms with Gasteiger partial charge in [0.15, 0.2) is 0 Å². The number of rotatable bonds is 8. The van der Waals surface area contributed by atoms with Crippen molar-refractivity contribution < 1.29 is 23.4 Å². The van der Waals surface area contributed by atoms with Gasteiger partial charge in [-0.05, 0) is 59.1 Å². The van der Waals surface area contributed by atoms with Gasteiger partial charge in [0.25, 0.3) is 11.5 Å². The number of carbonyl (C=O) groups is 1. The Bertz CT molecular complexity index is 1200. The molecule has 0 aliphatic rings. The van der Waals surface area contributed by atoms with Crippen molar-refractivity contribution in [2.24, 2.45) is 0 Å². The molecule has 1 heterocycles. The van der Waals surface area contributed by atoms with E-state index in [9.17, 15) is 18.4 Å². The van der Waals surface area contributed by atoms with Crippen LogP contribution in [0.15, 0.2) is 52.0 Å². The number of nitrogens with zero attached hydrogens (tertiary/aromatic N) is 2. The van der Waals surface area contributed by atoms with Gasteiger partial charge in [-0.1, -0.05) is 19.9 Å². The highest BCUT2D eigenvalue weighted by molar-refractivity contribution is 9.10. The molecule has 2 N–H and O–H groups in total. The van der Waals surface area contributed by atoms with E-state index in [4.69, 9.17) is 9.84 Å². The summed E-state index contributed by atoms with van der Waals surface area (Å²) >= 11 is 3.17. The standard InChI is InChI=1S/C22H20BrF2N3O4.C2H6/c1-13-3-4-14(20(30)26-7-2-8-29)9-18(13)28-12-27-21(19(23)22(28)31)32-11-15-5-6-16(24)10-17(15)25;1-2/h3-6,9-10,12,29H,2,7-8,11H2,1H3,(H,26,30);1-2H3. The molecule has 0 saturated carbocycles. The summed E-state index contributed by atoms with van der Waals surface area (Å²) in [7, 11) is 0. The van der Waals surface area contributed by atoms with Crippen LogP contribution in [0.3, 0.4) is 0 Å². The number of aliphatic hydroxyl groups excluding tert-OH is 1. The molecular weight excluding hydrogens is 512 g/mol. The van der Waals surface area contributed by atoms with Crippen LogP contribution in [0.25, 0.3) is 5.69 Å². The van der Waals surface area contributed by atoms with Crippen LogP contribution in [0.1, 0.15) is 41.8 Å². The molecule has 34 heavy (non-hydrogen) atoms. The van der Waals surface area contributed by atoms with E-state index >= 15 is 0 Å². The summed E-state index contributed by atoms with van der Waals surface area (Å²) in [5, 5.41) is 11.5. The largest absolute Gasteiger partial charge is 0.472 e. The summed E-state index contributed by atoms with van der Waals surface area (Å²) in [6, 6.07) is 8.01. The fraction of sp³-hybridized carbons (Fsp3) is 0.292. The molecule has 0 fully saturated rings. The number of amides is 1. The number of aromatic nitrogens is 2. The Morgan fingerprint density at radius 2 is 1.94 bits per heavy atom. The number of halogens is 3. The third kappa shape index (κ3) is 6.71. The molecule has 10 heteroatoms. The predicted molar refractivity (Wildman–Crippen MR) is 128 cm³/mol. The van der Waals surface area contributed by atoms with Crippen molar-refractivity contribution in [1.82, 2.24) is 14.9 Å². The van der Waals surface area contributed by atoms with E-state index in [0.717, 1.165) is 17.7 Å². The molecule has 1 amide bonds. The molecule has 2 aromatic carbocycles. The maximum atomic E-state index is 13.8. The lowest BCUT2D eigenvalue weighted by Gasteiger charge is -2.13. The number of aryl methyl sites for hydroxylation is 1. The van der Waals surface area contributed by atoms with Crippen LogP contribution in [0.2, 0.25) is 0 Å². The molecule has 3 rings (SSSR count). The van der Waals surface area contributed by atoms with Crippen molar-refractivity contribution in [3.05, 3.63) is 85.9 Å². The monoisotopic (exact) mass is 537 g/mol. The van der Waals surface area contributed by atoms with E-state index in [0.29, 0.717) is 24.2 Å². The zero-order chi connectivity index (χ0) is 25.3. The summed E-state index contributed by atoms with van der Waals surface area (Å²) in [4.78, 5) is 29.3. The summed E-state index contributed by atoms with van der Waals surface area (Å²) < 4.78 is 33.6. The van der Waals surface area contributed by atoms with E-state index in [1.807, 2.05) is 13.8 Å². The quantitative estimate of drug-likeness (QED) is 0.418. The second-order valence-electron chi connectivity index (χ2n) is 6.90. The van der Waals surface area contributed by atoms with Crippen molar-refractivity contribution in [3.8, 4) is 11.6 Å². The number of hydrogen-bond acceptors (Lipinski definition) is 5. The zero-order valence-electron chi connectivity index (χ0n) is 19.1. The molecular formula is C24H26BrF2N3O4. The first-order valence-corrected chi connectivity index (χ1v) is 11.4. The molecule has 0 aliphatic carbocycles. The minimum Gasteiger partial charge on any atom is -0.472 e. The third-order valence-corrected chi connectivity index (χ3v) is 5.29. The average Bonchev–Trinajstić information content (AvgIpc) is 2.83. The molecule has 1 aromatic heterocycles. The molecule has 0 aliphatic heterocycles. The van der Waals surface area contributed by atoms with E-state index in [1.54, 1.807) is 25.1 Å². The van der Waals surface area contributed by atoms with Gasteiger partial charge >= 0.3 is 0 Å². The molecule has 182 valence electrons. The van der Waals surface area contributed by atoms with E-state index in [2.05, 4.69) is 26.2 Å². The highest BCUT2D eigenvalue weighted by atomic mass is 79.9. The summed E-state index contributed by atoms with van der Waals surface area (Å²) in [5.74, 6) is -1.85. The lowest BCUT2D eigenvalue weighted by molar-refractivity contribution is 0.0951. The summed E-state index contributed by atoms with van der Waals surface area (Å²) in [6.07, 6.45) is 1.68. The number of benzene rings is 2. The van der Waals surface area contributed by atoms with Gasteiger partial charge < -0.3 is 15.2 Å². The van der Waals surface area contributed by atoms with Crippen LogP contribution in [-0.4, -0.2) is 33.7 Å². The third-order valence-electron chi connectivity index (χ3n) is 4.62. The highest BCUT2D eigenvalue weighted by Crippen LogP contribution is 2.22. The maximum absolute atomic E-state index is 13.8. The molecule has 0 spiro atoms. The van der Waals surface area contributed by atoms with E-state index in [-0.39, 0.29) is 35.0 Å². The molecule has 0 radical (unpaired) electrons. The van der Waals surface area contributed by atoms with Gasteiger partial charge in [0.2, 0.25) is 5.88 Å². The normalized spacial score (nSPS) is 10.3. The van der Waals surface area contributed by atoms with Crippen molar-refractivity contribution in [2.45, 2.75) is 33.8 Å². The van der Waals surface area contributed by atoms with Crippen LogP contribution >= 0.6 is 15.9 Å². The van der Waals surface area contributed by atoms with Crippen LogP contribution in [0, 0.1) is 18.6 Å². The lowest BCUT2D eigenvalue weighted by Crippen LogP contribution is -2.26. The topological polar surface area (TPSA) is 93.5 Å². The van der Waals surface area contributed by atoms with E-state index < -0.39 is 17.2 Å². The van der Waals surface area contributed by atoms with Crippen LogP contribution < -0.4 is 15.6 Å². The lowest BCUT2D eigenvalue weighted by atomic mass is 10.1. The first-order valence-electron chi connectivity index (χ1n) is 10.7. The second-order valence-corrected chi connectivity index (χ2v) is 7.69. The van der Waals surface area contributed by atoms with Gasteiger partial charge in [-0.3, -0.25) is 14.2 Å². The molecule has 0 bridgehead atoms. The second kappa shape index (κ2) is 13.0. The Morgan fingerprint density at radius 1 is 1.21 bits per heavy atom. The maximum Gasteiger partial charge on any atom is 0.276 e. The van der Waals surface area contributed by atoms with Gasteiger partial charge in [0.1, 0.15) is 29.0 Å². The number of nitrogens with one attached hydrogen (secondary N) is 1. The van der Waals surface area contributed by atoms with Crippen molar-refractivity contribution >= 4 is 21.8 Å². The molecule has 0 saturated heterocycles. The van der Waals surface area contributed by atoms with Crippen LogP contribution in [0.5, 0.6) is 5.88 Å². The fourth-order valence-electron chi connectivity index (χ4n) is 2.87. The Balaban J connectivity index is 0.00000199. The number of carbonyl (C=O) groups excluding carboxylic acids is 1. The highest BCUT2D eigenvalue weighted by Gasteiger charge is 2.16. The van der Waals surface area contributed by atoms with Gasteiger partial charge in [0.05, 0.1) is 5.69 Å². The van der Waals surface area contributed by atoms with E-state index in [1.165, 1.54) is 17.0 Å². The predicted octanol–water partition coefficient (Wildman–Crippen LogP) is 4.30. The number of ether oxygens (including phenoxy) is 1. The van der Waals surface area contributed by atoms with Gasteiger partial charge in [-0.2, -0.15) is 0 Å². The van der Waals surface area contributed by atoms with Gasteiger partial charge in [-0.25, -0.2) is 13.8 Å². The van der Waals surface area contributed by atoms with Crippen LogP contribution in [0.4, 0.5) is 8.78 Å². The average molecular weight is 538 g/mol. The van der Waals surface area contributed by atoms with Gasteiger partial charge in [-0.15, -0.1) is 0 Å². The molecule has 7 nitrogen and oxygen atoms in total. The Kier molecular flexibility index (Phi) is 10.3. The van der Waals surface area contributed by atoms with Gasteiger partial charge in [0, 0.05) is 30.3 Å². The summed E-state index contributed by atoms with van der Waals surface area (Å²) in [6.45, 7) is 5.83. The van der Waals surface area contributed by atoms with Crippen molar-refractivity contribution in [2.75, 3.05) is 13.2 Å². The summed E-state index contributed by atoms with van der Waals surface area (Å²) in [5.41, 5.74) is 1.15. The first-order chi connectivity index (χ1) is 16.3. The Hall–Kier alpha value is -3.11. The smallest absolute Gasteiger partial charge is 0.276 e. The Labute approximate surface area is 204 Å². The molecule has 3 aromatic rings. The minimum absolute atomic E-state index is 0.0136. The number of hydrogen-bond donors (Lipinski definition) is 2. The first kappa shape index (κ1) is 27.1. The number of aliphatic hydroxyl groups is 1. The molecule has 0 atom stereocenters. The molecule has 0 unspecified atom stereocenters.